The Bertz CT molecular complexity index is 879. The topological polar surface area (TPSA) is 76.1 Å². The molecule has 8 heteroatoms. The van der Waals surface area contributed by atoms with Crippen LogP contribution >= 0.6 is 0 Å². The van der Waals surface area contributed by atoms with Crippen LogP contribution in [0.15, 0.2) is 34.9 Å². The summed E-state index contributed by atoms with van der Waals surface area (Å²) in [7, 11) is 6.15. The number of hydrogen-bond acceptors (Lipinski definition) is 7. The van der Waals surface area contributed by atoms with Gasteiger partial charge in [-0.15, -0.1) is 10.2 Å². The molecule has 0 N–H and O–H groups in total. The maximum absolute atomic E-state index is 5.44. The summed E-state index contributed by atoms with van der Waals surface area (Å²) in [6.45, 7) is 2.57. The van der Waals surface area contributed by atoms with Crippen LogP contribution in [0.1, 0.15) is 30.4 Å². The Hall–Kier alpha value is -2.74. The van der Waals surface area contributed by atoms with E-state index in [2.05, 4.69) is 41.8 Å². The number of anilines is 1. The lowest BCUT2D eigenvalue weighted by atomic mass is 9.96. The summed E-state index contributed by atoms with van der Waals surface area (Å²) in [6, 6.07) is 9.86. The molecule has 1 aliphatic rings. The predicted octanol–water partition coefficient (Wildman–Crippen LogP) is 2.31. The standard InChI is InChI=1S/C19H25N7O/c1-24(2)13-16-21-22-17(25(16)3)14-9-11-26(12-10-14)19-20-18(27-23-19)15-7-5-4-6-8-15/h4-8,14H,9-13H2,1-3H3. The summed E-state index contributed by atoms with van der Waals surface area (Å²) < 4.78 is 7.58. The molecule has 0 spiro atoms. The van der Waals surface area contributed by atoms with Gasteiger partial charge in [0.2, 0.25) is 0 Å². The minimum atomic E-state index is 0.412. The first-order valence-corrected chi connectivity index (χ1v) is 9.29. The molecule has 142 valence electrons. The van der Waals surface area contributed by atoms with Crippen molar-refractivity contribution >= 4 is 5.95 Å². The van der Waals surface area contributed by atoms with Crippen LogP contribution in [0.25, 0.3) is 11.5 Å². The monoisotopic (exact) mass is 367 g/mol. The van der Waals surface area contributed by atoms with Crippen molar-refractivity contribution in [1.82, 2.24) is 29.8 Å². The van der Waals surface area contributed by atoms with Crippen molar-refractivity contribution in [3.63, 3.8) is 0 Å². The summed E-state index contributed by atoms with van der Waals surface area (Å²) in [5.74, 6) is 3.72. The van der Waals surface area contributed by atoms with E-state index in [9.17, 15) is 0 Å². The van der Waals surface area contributed by atoms with Crippen LogP contribution in [-0.4, -0.2) is 57.0 Å². The molecule has 8 nitrogen and oxygen atoms in total. The fourth-order valence-corrected chi connectivity index (χ4v) is 3.53. The van der Waals surface area contributed by atoms with E-state index in [1.54, 1.807) is 0 Å². The largest absolute Gasteiger partial charge is 0.338 e. The Labute approximate surface area is 158 Å². The highest BCUT2D eigenvalue weighted by Gasteiger charge is 2.27. The Morgan fingerprint density at radius 2 is 1.85 bits per heavy atom. The second kappa shape index (κ2) is 7.48. The highest BCUT2D eigenvalue weighted by molar-refractivity contribution is 5.54. The van der Waals surface area contributed by atoms with Crippen molar-refractivity contribution in [2.45, 2.75) is 25.3 Å². The van der Waals surface area contributed by atoms with Gasteiger partial charge in [-0.25, -0.2) is 0 Å². The molecule has 0 saturated carbocycles. The number of nitrogens with zero attached hydrogens (tertiary/aromatic N) is 7. The zero-order chi connectivity index (χ0) is 18.8. The van der Waals surface area contributed by atoms with Gasteiger partial charge in [0.1, 0.15) is 11.6 Å². The summed E-state index contributed by atoms with van der Waals surface area (Å²) in [5.41, 5.74) is 0.943. The van der Waals surface area contributed by atoms with E-state index in [1.165, 1.54) is 0 Å². The molecule has 0 aliphatic carbocycles. The third-order valence-electron chi connectivity index (χ3n) is 5.04. The number of hydrogen-bond donors (Lipinski definition) is 0. The van der Waals surface area contributed by atoms with Gasteiger partial charge < -0.3 is 18.9 Å². The molecule has 0 unspecified atom stereocenters. The maximum Gasteiger partial charge on any atom is 0.266 e. The van der Waals surface area contributed by atoms with E-state index in [1.807, 2.05) is 44.4 Å². The van der Waals surface area contributed by atoms with Crippen LogP contribution < -0.4 is 4.90 Å². The Morgan fingerprint density at radius 3 is 2.56 bits per heavy atom. The molecule has 1 saturated heterocycles. The summed E-state index contributed by atoms with van der Waals surface area (Å²) >= 11 is 0. The third-order valence-corrected chi connectivity index (χ3v) is 5.04. The lowest BCUT2D eigenvalue weighted by Crippen LogP contribution is -2.34. The molecular weight excluding hydrogens is 342 g/mol. The first-order chi connectivity index (χ1) is 13.1. The van der Waals surface area contributed by atoms with Gasteiger partial charge >= 0.3 is 0 Å². The molecule has 4 rings (SSSR count). The maximum atomic E-state index is 5.44. The van der Waals surface area contributed by atoms with Crippen molar-refractivity contribution in [1.29, 1.82) is 0 Å². The number of aromatic nitrogens is 5. The van der Waals surface area contributed by atoms with Gasteiger partial charge in [0.05, 0.1) is 6.54 Å². The van der Waals surface area contributed by atoms with E-state index in [-0.39, 0.29) is 0 Å². The SMILES string of the molecule is CN(C)Cc1nnc(C2CCN(c3noc(-c4ccccc4)n3)CC2)n1C. The van der Waals surface area contributed by atoms with E-state index < -0.39 is 0 Å². The predicted molar refractivity (Wildman–Crippen MR) is 102 cm³/mol. The molecule has 27 heavy (non-hydrogen) atoms. The summed E-state index contributed by atoms with van der Waals surface area (Å²) in [5, 5.41) is 13.0. The molecule has 3 aromatic rings. The van der Waals surface area contributed by atoms with Crippen molar-refractivity contribution < 1.29 is 4.52 Å². The first kappa shape index (κ1) is 17.7. The van der Waals surface area contributed by atoms with Crippen molar-refractivity contribution in [3.8, 4) is 11.5 Å². The molecule has 1 aromatic carbocycles. The normalized spacial score (nSPS) is 15.6. The molecule has 0 atom stereocenters. The zero-order valence-electron chi connectivity index (χ0n) is 16.0. The number of benzene rings is 1. The zero-order valence-corrected chi connectivity index (χ0v) is 16.0. The van der Waals surface area contributed by atoms with Crippen LogP contribution in [0.4, 0.5) is 5.95 Å². The van der Waals surface area contributed by atoms with Crippen LogP contribution in [0, 0.1) is 0 Å². The van der Waals surface area contributed by atoms with E-state index in [0.717, 1.165) is 49.7 Å². The van der Waals surface area contributed by atoms with Crippen LogP contribution in [-0.2, 0) is 13.6 Å². The van der Waals surface area contributed by atoms with Gasteiger partial charge in [-0.3, -0.25) is 0 Å². The average molecular weight is 367 g/mol. The van der Waals surface area contributed by atoms with Gasteiger partial charge in [-0.2, -0.15) is 4.98 Å². The fraction of sp³-hybridized carbons (Fsp3) is 0.474. The molecule has 0 amide bonds. The highest BCUT2D eigenvalue weighted by atomic mass is 16.5. The number of piperidine rings is 1. The van der Waals surface area contributed by atoms with Crippen LogP contribution in [0.5, 0.6) is 0 Å². The lowest BCUT2D eigenvalue weighted by Gasteiger charge is -2.30. The van der Waals surface area contributed by atoms with Gasteiger partial charge in [0, 0.05) is 31.6 Å². The fourth-order valence-electron chi connectivity index (χ4n) is 3.53. The third kappa shape index (κ3) is 3.71. The van der Waals surface area contributed by atoms with Gasteiger partial charge in [-0.05, 0) is 44.2 Å². The lowest BCUT2D eigenvalue weighted by molar-refractivity contribution is 0.381. The molecule has 3 heterocycles. The second-order valence-corrected chi connectivity index (χ2v) is 7.30. The quantitative estimate of drug-likeness (QED) is 0.685. The van der Waals surface area contributed by atoms with E-state index in [0.29, 0.717) is 17.8 Å². The smallest absolute Gasteiger partial charge is 0.266 e. The van der Waals surface area contributed by atoms with E-state index >= 15 is 0 Å². The Morgan fingerprint density at radius 1 is 1.11 bits per heavy atom. The Kier molecular flexibility index (Phi) is 4.89. The summed E-state index contributed by atoms with van der Waals surface area (Å²) in [6.07, 6.45) is 2.01. The Balaban J connectivity index is 1.41. The van der Waals surface area contributed by atoms with Gasteiger partial charge in [0.25, 0.3) is 11.8 Å². The first-order valence-electron chi connectivity index (χ1n) is 9.29. The molecule has 1 fully saturated rings. The van der Waals surface area contributed by atoms with Gasteiger partial charge in [0.15, 0.2) is 0 Å². The molecule has 0 radical (unpaired) electrons. The van der Waals surface area contributed by atoms with E-state index in [4.69, 9.17) is 4.52 Å². The number of rotatable bonds is 5. The van der Waals surface area contributed by atoms with Gasteiger partial charge in [-0.1, -0.05) is 18.2 Å². The summed E-state index contributed by atoms with van der Waals surface area (Å²) in [4.78, 5) is 8.86. The molecule has 1 aliphatic heterocycles. The van der Waals surface area contributed by atoms with Crippen LogP contribution in [0.2, 0.25) is 0 Å². The molecule has 0 bridgehead atoms. The van der Waals surface area contributed by atoms with Crippen molar-refractivity contribution in [2.75, 3.05) is 32.1 Å². The molecular formula is C19H25N7O. The van der Waals surface area contributed by atoms with Crippen molar-refractivity contribution in [2.24, 2.45) is 7.05 Å². The molecule has 2 aromatic heterocycles. The second-order valence-electron chi connectivity index (χ2n) is 7.30. The van der Waals surface area contributed by atoms with Crippen LogP contribution in [0.3, 0.4) is 0 Å². The highest BCUT2D eigenvalue weighted by Crippen LogP contribution is 2.29. The van der Waals surface area contributed by atoms with Crippen molar-refractivity contribution in [3.05, 3.63) is 42.0 Å². The minimum Gasteiger partial charge on any atom is -0.338 e. The minimum absolute atomic E-state index is 0.412. The average Bonchev–Trinajstić information content (AvgIpc) is 3.30.